The van der Waals surface area contributed by atoms with E-state index >= 15 is 0 Å². The third-order valence-electron chi connectivity index (χ3n) is 8.27. The third-order valence-corrected chi connectivity index (χ3v) is 8.27. The number of ether oxygens (including phenoxy) is 2. The van der Waals surface area contributed by atoms with E-state index in [1.165, 1.54) is 0 Å². The Bertz CT molecular complexity index is 1190. The Hall–Kier alpha value is -3.30. The Morgan fingerprint density at radius 1 is 1.19 bits per heavy atom. The second-order valence-electron chi connectivity index (χ2n) is 13.3. The average Bonchev–Trinajstić information content (AvgIpc) is 2.89. The number of piperidine rings is 1. The molecular weight excluding hydrogens is 536 g/mol. The molecule has 1 saturated heterocycles. The molecule has 234 valence electrons. The average molecular weight is 587 g/mol. The number of benzene rings is 1. The van der Waals surface area contributed by atoms with Crippen molar-refractivity contribution >= 4 is 29.5 Å². The molecule has 0 radical (unpaired) electrons. The number of carbonyl (C=O) groups is 4. The van der Waals surface area contributed by atoms with Crippen molar-refractivity contribution in [3.05, 3.63) is 23.3 Å². The van der Waals surface area contributed by atoms with E-state index in [0.717, 1.165) is 18.4 Å². The lowest BCUT2D eigenvalue weighted by molar-refractivity contribution is -0.132. The summed E-state index contributed by atoms with van der Waals surface area (Å²) in [4.78, 5) is 57.6. The van der Waals surface area contributed by atoms with Gasteiger partial charge in [0.2, 0.25) is 5.91 Å². The summed E-state index contributed by atoms with van der Waals surface area (Å²) in [6.07, 6.45) is 1.28. The van der Waals surface area contributed by atoms with E-state index in [2.05, 4.69) is 5.32 Å². The molecule has 0 aromatic heterocycles. The molecule has 1 aromatic carbocycles. The number of rotatable bonds is 8. The van der Waals surface area contributed by atoms with Crippen molar-refractivity contribution in [3.63, 3.8) is 0 Å². The first-order chi connectivity index (χ1) is 19.5. The molecule has 10 nitrogen and oxygen atoms in total. The second kappa shape index (κ2) is 12.9. The number of nitrogens with one attached hydrogen (secondary N) is 1. The number of amides is 4. The van der Waals surface area contributed by atoms with Crippen LogP contribution in [0.4, 0.5) is 10.5 Å². The first-order valence-electron chi connectivity index (χ1n) is 15.2. The van der Waals surface area contributed by atoms with Gasteiger partial charge in [-0.15, -0.1) is 0 Å². The minimum atomic E-state index is -1.09. The molecule has 10 heteroatoms. The van der Waals surface area contributed by atoms with Crippen molar-refractivity contribution in [2.75, 3.05) is 31.1 Å². The lowest BCUT2D eigenvalue weighted by atomic mass is 9.90. The van der Waals surface area contributed by atoms with Crippen LogP contribution in [0.5, 0.6) is 5.75 Å². The van der Waals surface area contributed by atoms with Gasteiger partial charge in [0.25, 0.3) is 11.8 Å². The van der Waals surface area contributed by atoms with Crippen molar-refractivity contribution < 1.29 is 28.7 Å². The van der Waals surface area contributed by atoms with Gasteiger partial charge in [0.15, 0.2) is 5.60 Å². The maximum Gasteiger partial charge on any atom is 0.410 e. The molecule has 2 heterocycles. The van der Waals surface area contributed by atoms with Gasteiger partial charge >= 0.3 is 6.09 Å². The van der Waals surface area contributed by atoms with Gasteiger partial charge in [-0.05, 0) is 77.5 Å². The molecule has 0 bridgehead atoms. The molecule has 2 aliphatic rings. The summed E-state index contributed by atoms with van der Waals surface area (Å²) in [6.45, 7) is 20.5. The summed E-state index contributed by atoms with van der Waals surface area (Å²) < 4.78 is 11.9. The molecule has 2 atom stereocenters. The van der Waals surface area contributed by atoms with Crippen molar-refractivity contribution in [1.29, 1.82) is 0 Å². The number of hydrogen-bond acceptors (Lipinski definition) is 6. The number of anilines is 1. The van der Waals surface area contributed by atoms with Crippen LogP contribution in [0, 0.1) is 12.3 Å². The van der Waals surface area contributed by atoms with E-state index in [1.807, 2.05) is 59.4 Å². The molecule has 1 fully saturated rings. The third kappa shape index (κ3) is 7.36. The number of nitrogens with zero attached hydrogens (tertiary/aromatic N) is 3. The van der Waals surface area contributed by atoms with Gasteiger partial charge in [0.05, 0.1) is 11.7 Å². The molecule has 1 unspecified atom stereocenters. The standard InChI is InChI=1S/C32H50N4O6/c1-11-27(37)33-14-16-35-25-18-24(21(4)17-26(25)42-32(9,10)29(35)39)28(38)36(20(2)3)23-13-12-15-34(19-23)30(40)41-22(5)31(6,7)8/h17-18,20,22-23H,11-16,19H2,1-10H3,(H,33,37)/t22?,23-/m1/s1. The Morgan fingerprint density at radius 2 is 1.86 bits per heavy atom. The van der Waals surface area contributed by atoms with Crippen molar-refractivity contribution in [1.82, 2.24) is 15.1 Å². The minimum Gasteiger partial charge on any atom is -0.476 e. The van der Waals surface area contributed by atoms with Crippen LogP contribution in [0.3, 0.4) is 0 Å². The molecule has 42 heavy (non-hydrogen) atoms. The van der Waals surface area contributed by atoms with Gasteiger partial charge in [-0.1, -0.05) is 27.7 Å². The highest BCUT2D eigenvalue weighted by molar-refractivity contribution is 6.05. The molecular formula is C32H50N4O6. The monoisotopic (exact) mass is 586 g/mol. The van der Waals surface area contributed by atoms with Crippen LogP contribution in [0.25, 0.3) is 0 Å². The molecule has 4 amide bonds. The smallest absolute Gasteiger partial charge is 0.410 e. The number of fused-ring (bicyclic) bond motifs is 1. The second-order valence-corrected chi connectivity index (χ2v) is 13.3. The fourth-order valence-electron chi connectivity index (χ4n) is 5.31. The van der Waals surface area contributed by atoms with E-state index in [1.54, 1.807) is 36.6 Å². The van der Waals surface area contributed by atoms with Gasteiger partial charge in [-0.25, -0.2) is 4.79 Å². The fourth-order valence-corrected chi connectivity index (χ4v) is 5.31. The molecule has 0 aliphatic carbocycles. The summed E-state index contributed by atoms with van der Waals surface area (Å²) in [6, 6.07) is 3.23. The number of aryl methyl sites for hydroxylation is 1. The van der Waals surface area contributed by atoms with Crippen LogP contribution in [-0.4, -0.2) is 83.6 Å². The summed E-state index contributed by atoms with van der Waals surface area (Å²) in [5.74, 6) is 0.0201. The molecule has 3 rings (SSSR count). The molecule has 0 spiro atoms. The van der Waals surface area contributed by atoms with Crippen molar-refractivity contribution in [2.45, 2.75) is 112 Å². The molecule has 2 aliphatic heterocycles. The molecule has 0 saturated carbocycles. The SMILES string of the molecule is CCC(=O)NCCN1C(=O)C(C)(C)Oc2cc(C)c(C(=O)N(C(C)C)[C@@H]3CCCN(C(=O)OC(C)C(C)(C)C)C3)cc21. The zero-order valence-corrected chi connectivity index (χ0v) is 27.1. The normalized spacial score (nSPS) is 19.1. The number of hydrogen-bond donors (Lipinski definition) is 1. The Morgan fingerprint density at radius 3 is 2.45 bits per heavy atom. The predicted molar refractivity (Wildman–Crippen MR) is 163 cm³/mol. The van der Waals surface area contributed by atoms with Crippen LogP contribution in [0.15, 0.2) is 12.1 Å². The fraction of sp³-hybridized carbons (Fsp3) is 0.688. The summed E-state index contributed by atoms with van der Waals surface area (Å²) in [5.41, 5.74) is 0.452. The Balaban J connectivity index is 1.89. The maximum atomic E-state index is 14.2. The minimum absolute atomic E-state index is 0.0965. The van der Waals surface area contributed by atoms with Gasteiger partial charge in [0, 0.05) is 44.2 Å². The highest BCUT2D eigenvalue weighted by Crippen LogP contribution is 2.40. The number of carbonyl (C=O) groups excluding carboxylic acids is 4. The summed E-state index contributed by atoms with van der Waals surface area (Å²) in [5, 5.41) is 2.83. The van der Waals surface area contributed by atoms with Crippen LogP contribution in [-0.2, 0) is 14.3 Å². The lowest BCUT2D eigenvalue weighted by Crippen LogP contribution is -2.55. The first-order valence-corrected chi connectivity index (χ1v) is 15.2. The van der Waals surface area contributed by atoms with Crippen molar-refractivity contribution in [3.8, 4) is 5.75 Å². The lowest BCUT2D eigenvalue weighted by Gasteiger charge is -2.42. The highest BCUT2D eigenvalue weighted by Gasteiger charge is 2.42. The van der Waals surface area contributed by atoms with E-state index in [0.29, 0.717) is 36.5 Å². The maximum absolute atomic E-state index is 14.2. The van der Waals surface area contributed by atoms with Crippen LogP contribution in [0.1, 0.15) is 97.5 Å². The zero-order chi connectivity index (χ0) is 31.6. The Labute approximate surface area is 251 Å². The topological polar surface area (TPSA) is 108 Å². The van der Waals surface area contributed by atoms with Gasteiger partial charge in [-0.2, -0.15) is 0 Å². The first kappa shape index (κ1) is 33.2. The van der Waals surface area contributed by atoms with Gasteiger partial charge in [0.1, 0.15) is 11.9 Å². The van der Waals surface area contributed by atoms with Gasteiger partial charge in [-0.3, -0.25) is 14.4 Å². The van der Waals surface area contributed by atoms with Gasteiger partial charge < -0.3 is 29.5 Å². The van der Waals surface area contributed by atoms with E-state index < -0.39 is 5.60 Å². The van der Waals surface area contributed by atoms with Crippen LogP contribution in [0.2, 0.25) is 0 Å². The highest BCUT2D eigenvalue weighted by atomic mass is 16.6. The quantitative estimate of drug-likeness (QED) is 0.464. The largest absolute Gasteiger partial charge is 0.476 e. The Kier molecular flexibility index (Phi) is 10.2. The predicted octanol–water partition coefficient (Wildman–Crippen LogP) is 4.91. The molecule has 1 aromatic rings. The molecule has 1 N–H and O–H groups in total. The van der Waals surface area contributed by atoms with Crippen molar-refractivity contribution in [2.24, 2.45) is 5.41 Å². The van der Waals surface area contributed by atoms with E-state index in [9.17, 15) is 19.2 Å². The summed E-state index contributed by atoms with van der Waals surface area (Å²) in [7, 11) is 0. The van der Waals surface area contributed by atoms with Crippen LogP contribution < -0.4 is 15.0 Å². The zero-order valence-electron chi connectivity index (χ0n) is 27.1. The number of likely N-dealkylation sites (tertiary alicyclic amines) is 1. The summed E-state index contributed by atoms with van der Waals surface area (Å²) >= 11 is 0. The van der Waals surface area contributed by atoms with Crippen LogP contribution >= 0.6 is 0 Å². The van der Waals surface area contributed by atoms with E-state index in [-0.39, 0.29) is 60.5 Å². The van der Waals surface area contributed by atoms with E-state index in [4.69, 9.17) is 9.47 Å².